The lowest BCUT2D eigenvalue weighted by Crippen LogP contribution is -2.44. The van der Waals surface area contributed by atoms with Crippen LogP contribution in [0.4, 0.5) is 0 Å². The molecule has 0 saturated heterocycles. The smallest absolute Gasteiger partial charge is 0.251 e. The molecule has 0 bridgehead atoms. The molecular weight excluding hydrogens is 156 g/mol. The monoisotopic (exact) mass is 174 g/mol. The largest absolute Gasteiger partial charge is 0.381 e. The summed E-state index contributed by atoms with van der Waals surface area (Å²) in [5.41, 5.74) is -1.27. The summed E-state index contributed by atoms with van der Waals surface area (Å²) in [4.78, 5) is 13.0. The van der Waals surface area contributed by atoms with Crippen molar-refractivity contribution < 1.29 is 9.90 Å². The molecule has 0 fully saturated rings. The van der Waals surface area contributed by atoms with Crippen LogP contribution in [0, 0.1) is 0 Å². The van der Waals surface area contributed by atoms with Gasteiger partial charge in [0.25, 0.3) is 5.91 Å². The van der Waals surface area contributed by atoms with E-state index in [1.54, 1.807) is 0 Å². The Labute approximate surface area is 73.6 Å². The Kier molecular flexibility index (Phi) is 4.20. The zero-order chi connectivity index (χ0) is 9.78. The van der Waals surface area contributed by atoms with Gasteiger partial charge in [0.1, 0.15) is 5.60 Å². The van der Waals surface area contributed by atoms with E-state index >= 15 is 0 Å². The SMILES string of the molecule is CN(C)CCNC(=O)C(C)(C)O. The second-order valence-corrected chi connectivity index (χ2v) is 3.62. The van der Waals surface area contributed by atoms with E-state index in [0.717, 1.165) is 6.54 Å². The van der Waals surface area contributed by atoms with E-state index in [1.165, 1.54) is 13.8 Å². The minimum atomic E-state index is -1.27. The zero-order valence-electron chi connectivity index (χ0n) is 8.22. The van der Waals surface area contributed by atoms with Crippen molar-refractivity contribution in [1.82, 2.24) is 10.2 Å². The third-order valence-electron chi connectivity index (χ3n) is 1.40. The van der Waals surface area contributed by atoms with E-state index in [4.69, 9.17) is 0 Å². The van der Waals surface area contributed by atoms with Gasteiger partial charge in [-0.25, -0.2) is 0 Å². The average Bonchev–Trinajstić information content (AvgIpc) is 1.84. The molecule has 0 heterocycles. The zero-order valence-corrected chi connectivity index (χ0v) is 8.22. The lowest BCUT2D eigenvalue weighted by Gasteiger charge is -2.17. The van der Waals surface area contributed by atoms with Gasteiger partial charge in [-0.1, -0.05) is 0 Å². The second kappa shape index (κ2) is 4.42. The predicted molar refractivity (Wildman–Crippen MR) is 47.9 cm³/mol. The molecule has 1 amide bonds. The van der Waals surface area contributed by atoms with Gasteiger partial charge in [0.15, 0.2) is 0 Å². The summed E-state index contributed by atoms with van der Waals surface area (Å²) in [6, 6.07) is 0. The highest BCUT2D eigenvalue weighted by Crippen LogP contribution is 1.98. The molecule has 0 saturated carbocycles. The number of rotatable bonds is 4. The molecule has 0 radical (unpaired) electrons. The van der Waals surface area contributed by atoms with Crippen molar-refractivity contribution in [1.29, 1.82) is 0 Å². The number of aliphatic hydroxyl groups is 1. The summed E-state index contributed by atoms with van der Waals surface area (Å²) >= 11 is 0. The van der Waals surface area contributed by atoms with Gasteiger partial charge in [-0.05, 0) is 27.9 Å². The van der Waals surface area contributed by atoms with Gasteiger partial charge >= 0.3 is 0 Å². The second-order valence-electron chi connectivity index (χ2n) is 3.62. The Morgan fingerprint density at radius 2 is 2.00 bits per heavy atom. The van der Waals surface area contributed by atoms with Gasteiger partial charge in [0, 0.05) is 13.1 Å². The van der Waals surface area contributed by atoms with Gasteiger partial charge in [-0.3, -0.25) is 4.79 Å². The van der Waals surface area contributed by atoms with Gasteiger partial charge in [0.05, 0.1) is 0 Å². The van der Waals surface area contributed by atoms with Crippen LogP contribution >= 0.6 is 0 Å². The Morgan fingerprint density at radius 1 is 1.50 bits per heavy atom. The van der Waals surface area contributed by atoms with Gasteiger partial charge < -0.3 is 15.3 Å². The molecule has 0 aromatic rings. The van der Waals surface area contributed by atoms with Crippen LogP contribution in [0.3, 0.4) is 0 Å². The van der Waals surface area contributed by atoms with Crippen LogP contribution < -0.4 is 5.32 Å². The molecule has 0 aliphatic carbocycles. The van der Waals surface area contributed by atoms with Crippen molar-refractivity contribution in [3.63, 3.8) is 0 Å². The minimum absolute atomic E-state index is 0.329. The molecule has 2 N–H and O–H groups in total. The maximum absolute atomic E-state index is 11.1. The Balaban J connectivity index is 3.59. The van der Waals surface area contributed by atoms with Crippen LogP contribution in [0.5, 0.6) is 0 Å². The first-order valence-corrected chi connectivity index (χ1v) is 3.99. The fourth-order valence-corrected chi connectivity index (χ4v) is 0.609. The van der Waals surface area contributed by atoms with Crippen LogP contribution in [0.25, 0.3) is 0 Å². The number of carbonyl (C=O) groups is 1. The fourth-order valence-electron chi connectivity index (χ4n) is 0.609. The molecule has 0 rings (SSSR count). The standard InChI is InChI=1S/C8H18N2O2/c1-8(2,12)7(11)9-5-6-10(3)4/h12H,5-6H2,1-4H3,(H,9,11). The van der Waals surface area contributed by atoms with E-state index in [0.29, 0.717) is 6.54 Å². The number of carbonyl (C=O) groups excluding carboxylic acids is 1. The van der Waals surface area contributed by atoms with Crippen molar-refractivity contribution in [3.8, 4) is 0 Å². The first-order valence-electron chi connectivity index (χ1n) is 3.99. The Hall–Kier alpha value is -0.610. The molecular formula is C8H18N2O2. The first-order chi connectivity index (χ1) is 5.34. The normalized spacial score (nSPS) is 11.8. The summed E-state index contributed by atoms with van der Waals surface area (Å²) < 4.78 is 0. The van der Waals surface area contributed by atoms with Gasteiger partial charge in [-0.15, -0.1) is 0 Å². The number of hydrogen-bond donors (Lipinski definition) is 2. The molecule has 0 atom stereocenters. The van der Waals surface area contributed by atoms with Crippen molar-refractivity contribution in [2.75, 3.05) is 27.2 Å². The Morgan fingerprint density at radius 3 is 2.33 bits per heavy atom. The van der Waals surface area contributed by atoms with E-state index in [1.807, 2.05) is 19.0 Å². The van der Waals surface area contributed by atoms with Crippen molar-refractivity contribution >= 4 is 5.91 Å². The summed E-state index contributed by atoms with van der Waals surface area (Å²) in [5.74, 6) is -0.329. The molecule has 0 aliphatic rings. The van der Waals surface area contributed by atoms with Crippen LogP contribution in [0.15, 0.2) is 0 Å². The highest BCUT2D eigenvalue weighted by atomic mass is 16.3. The summed E-state index contributed by atoms with van der Waals surface area (Å²) in [5, 5.41) is 11.8. The van der Waals surface area contributed by atoms with Gasteiger partial charge in [0.2, 0.25) is 0 Å². The third-order valence-corrected chi connectivity index (χ3v) is 1.40. The highest BCUT2D eigenvalue weighted by molar-refractivity contribution is 5.83. The number of likely N-dealkylation sites (N-methyl/N-ethyl adjacent to an activating group) is 1. The quantitative estimate of drug-likeness (QED) is 0.600. The van der Waals surface area contributed by atoms with Crippen LogP contribution in [0.2, 0.25) is 0 Å². The van der Waals surface area contributed by atoms with E-state index in [2.05, 4.69) is 5.32 Å². The summed E-state index contributed by atoms with van der Waals surface area (Å²) in [7, 11) is 3.85. The molecule has 4 nitrogen and oxygen atoms in total. The highest BCUT2D eigenvalue weighted by Gasteiger charge is 2.22. The summed E-state index contributed by atoms with van der Waals surface area (Å²) in [6.07, 6.45) is 0. The molecule has 72 valence electrons. The molecule has 0 spiro atoms. The van der Waals surface area contributed by atoms with Crippen LogP contribution in [0.1, 0.15) is 13.8 Å². The number of nitrogens with zero attached hydrogens (tertiary/aromatic N) is 1. The van der Waals surface area contributed by atoms with Crippen molar-refractivity contribution in [2.45, 2.75) is 19.4 Å². The molecule has 0 unspecified atom stereocenters. The molecule has 4 heteroatoms. The molecule has 0 aliphatic heterocycles. The number of amides is 1. The molecule has 12 heavy (non-hydrogen) atoms. The predicted octanol–water partition coefficient (Wildman–Crippen LogP) is -0.565. The average molecular weight is 174 g/mol. The minimum Gasteiger partial charge on any atom is -0.381 e. The molecule has 0 aromatic heterocycles. The van der Waals surface area contributed by atoms with E-state index in [9.17, 15) is 9.90 Å². The first kappa shape index (κ1) is 11.4. The van der Waals surface area contributed by atoms with Crippen molar-refractivity contribution in [3.05, 3.63) is 0 Å². The third kappa shape index (κ3) is 5.09. The topological polar surface area (TPSA) is 52.6 Å². The van der Waals surface area contributed by atoms with E-state index in [-0.39, 0.29) is 5.91 Å². The van der Waals surface area contributed by atoms with Crippen LogP contribution in [-0.2, 0) is 4.79 Å². The molecule has 0 aromatic carbocycles. The maximum Gasteiger partial charge on any atom is 0.251 e. The lowest BCUT2D eigenvalue weighted by molar-refractivity contribution is -0.136. The van der Waals surface area contributed by atoms with Gasteiger partial charge in [-0.2, -0.15) is 0 Å². The number of hydrogen-bond acceptors (Lipinski definition) is 3. The maximum atomic E-state index is 11.1. The lowest BCUT2D eigenvalue weighted by atomic mass is 10.1. The Bertz CT molecular complexity index is 150. The van der Waals surface area contributed by atoms with Crippen molar-refractivity contribution in [2.24, 2.45) is 0 Å². The van der Waals surface area contributed by atoms with Crippen LogP contribution in [-0.4, -0.2) is 48.7 Å². The number of nitrogens with one attached hydrogen (secondary N) is 1. The fraction of sp³-hybridized carbons (Fsp3) is 0.875. The van der Waals surface area contributed by atoms with E-state index < -0.39 is 5.60 Å². The summed E-state index contributed by atoms with van der Waals surface area (Å²) in [6.45, 7) is 4.29.